The van der Waals surface area contributed by atoms with Gasteiger partial charge in [-0.1, -0.05) is 68.4 Å². The van der Waals surface area contributed by atoms with Gasteiger partial charge in [0.05, 0.1) is 0 Å². The Kier molecular flexibility index (Phi) is 5.54. The van der Waals surface area contributed by atoms with Crippen molar-refractivity contribution in [1.82, 2.24) is 0 Å². The van der Waals surface area contributed by atoms with Crippen LogP contribution in [-0.2, 0) is 10.8 Å². The maximum atomic E-state index is 10.4. The van der Waals surface area contributed by atoms with Crippen LogP contribution in [0.15, 0.2) is 91.0 Å². The molecule has 33 heavy (non-hydrogen) atoms. The molecule has 0 radical (unpaired) electrons. The van der Waals surface area contributed by atoms with Crippen molar-refractivity contribution in [3.05, 3.63) is 119 Å². The van der Waals surface area contributed by atoms with Gasteiger partial charge in [0.1, 0.15) is 23.0 Å². The van der Waals surface area contributed by atoms with E-state index in [2.05, 4.69) is 31.2 Å². The van der Waals surface area contributed by atoms with Crippen LogP contribution in [0.2, 0.25) is 0 Å². The second kappa shape index (κ2) is 8.21. The van der Waals surface area contributed by atoms with Crippen molar-refractivity contribution in [2.75, 3.05) is 0 Å². The number of hydrogen-bond donors (Lipinski definition) is 4. The third-order valence-corrected chi connectivity index (χ3v) is 6.73. The fraction of sp³-hybridized carbons (Fsp3) is 0.172. The zero-order chi connectivity index (χ0) is 23.8. The normalized spacial score (nSPS) is 12.0. The molecule has 4 nitrogen and oxygen atoms in total. The third-order valence-electron chi connectivity index (χ3n) is 6.73. The van der Waals surface area contributed by atoms with Gasteiger partial charge in [0.2, 0.25) is 0 Å². The molecule has 0 saturated carbocycles. The van der Waals surface area contributed by atoms with Crippen LogP contribution in [0.4, 0.5) is 0 Å². The van der Waals surface area contributed by atoms with Crippen molar-refractivity contribution in [2.24, 2.45) is 0 Å². The van der Waals surface area contributed by atoms with Crippen LogP contribution in [0.3, 0.4) is 0 Å². The Hall–Kier alpha value is -3.92. The first kappa shape index (κ1) is 22.3. The molecule has 0 aliphatic heterocycles. The van der Waals surface area contributed by atoms with Crippen LogP contribution in [0, 0.1) is 0 Å². The molecule has 4 N–H and O–H groups in total. The predicted molar refractivity (Wildman–Crippen MR) is 130 cm³/mol. The van der Waals surface area contributed by atoms with E-state index in [1.54, 1.807) is 36.4 Å². The Balaban J connectivity index is 1.81. The summed E-state index contributed by atoms with van der Waals surface area (Å²) in [7, 11) is 0. The Morgan fingerprint density at radius 3 is 1.24 bits per heavy atom. The maximum absolute atomic E-state index is 10.4. The quantitative estimate of drug-likeness (QED) is 0.279. The van der Waals surface area contributed by atoms with E-state index in [-0.39, 0.29) is 23.0 Å². The highest BCUT2D eigenvalue weighted by molar-refractivity contribution is 5.53. The smallest absolute Gasteiger partial charge is 0.123 e. The molecule has 0 aliphatic rings. The van der Waals surface area contributed by atoms with E-state index >= 15 is 0 Å². The van der Waals surface area contributed by atoms with Crippen molar-refractivity contribution < 1.29 is 20.4 Å². The summed E-state index contributed by atoms with van der Waals surface area (Å²) in [4.78, 5) is 0. The van der Waals surface area contributed by atoms with Gasteiger partial charge in [-0.05, 0) is 59.5 Å². The lowest BCUT2D eigenvalue weighted by molar-refractivity contribution is 0.436. The molecule has 4 aromatic rings. The largest absolute Gasteiger partial charge is 0.508 e. The summed E-state index contributed by atoms with van der Waals surface area (Å²) in [6.45, 7) is 6.19. The molecule has 168 valence electrons. The van der Waals surface area contributed by atoms with Crippen LogP contribution in [0.5, 0.6) is 23.0 Å². The second-order valence-corrected chi connectivity index (χ2v) is 9.12. The molecule has 0 atom stereocenters. The van der Waals surface area contributed by atoms with Gasteiger partial charge in [-0.15, -0.1) is 0 Å². The number of phenols is 4. The molecule has 0 aromatic heterocycles. The van der Waals surface area contributed by atoms with E-state index in [4.69, 9.17) is 0 Å². The van der Waals surface area contributed by atoms with Crippen LogP contribution in [0.25, 0.3) is 0 Å². The lowest BCUT2D eigenvalue weighted by Gasteiger charge is -2.33. The summed E-state index contributed by atoms with van der Waals surface area (Å²) in [6.07, 6.45) is 0. The first-order valence-corrected chi connectivity index (χ1v) is 10.8. The zero-order valence-electron chi connectivity index (χ0n) is 18.9. The minimum Gasteiger partial charge on any atom is -0.508 e. The number of rotatable bonds is 5. The van der Waals surface area contributed by atoms with Crippen molar-refractivity contribution in [3.63, 3.8) is 0 Å². The Labute approximate surface area is 194 Å². The minimum atomic E-state index is -0.523. The van der Waals surface area contributed by atoms with Gasteiger partial charge in [-0.3, -0.25) is 0 Å². The summed E-state index contributed by atoms with van der Waals surface area (Å²) in [5, 5.41) is 39.7. The van der Waals surface area contributed by atoms with Gasteiger partial charge in [0.25, 0.3) is 0 Å². The summed E-state index contributed by atoms with van der Waals surface area (Å²) in [5.74, 6) is 0.498. The molecule has 0 fully saturated rings. The summed E-state index contributed by atoms with van der Waals surface area (Å²) < 4.78 is 0. The third kappa shape index (κ3) is 4.00. The number of phenolic OH excluding ortho intramolecular Hbond substituents is 4. The summed E-state index contributed by atoms with van der Waals surface area (Å²) >= 11 is 0. The second-order valence-electron chi connectivity index (χ2n) is 9.12. The topological polar surface area (TPSA) is 80.9 Å². The van der Waals surface area contributed by atoms with Gasteiger partial charge in [0, 0.05) is 22.5 Å². The number of benzene rings is 4. The van der Waals surface area contributed by atoms with Gasteiger partial charge < -0.3 is 20.4 Å². The molecule has 4 rings (SSSR count). The van der Waals surface area contributed by atoms with Crippen molar-refractivity contribution in [1.29, 1.82) is 0 Å². The number of hydrogen-bond acceptors (Lipinski definition) is 4. The van der Waals surface area contributed by atoms with E-state index in [0.717, 1.165) is 27.8 Å². The van der Waals surface area contributed by atoms with E-state index < -0.39 is 10.8 Å². The Morgan fingerprint density at radius 1 is 0.455 bits per heavy atom. The highest BCUT2D eigenvalue weighted by Gasteiger charge is 2.32. The van der Waals surface area contributed by atoms with Crippen LogP contribution < -0.4 is 0 Å². The van der Waals surface area contributed by atoms with E-state index in [0.29, 0.717) is 0 Å². The zero-order valence-corrected chi connectivity index (χ0v) is 18.9. The van der Waals surface area contributed by atoms with E-state index in [1.807, 2.05) is 38.1 Å². The van der Waals surface area contributed by atoms with Crippen molar-refractivity contribution in [2.45, 2.75) is 31.6 Å². The molecular weight excluding hydrogens is 412 g/mol. The maximum Gasteiger partial charge on any atom is 0.123 e. The molecule has 0 aliphatic carbocycles. The molecule has 0 unspecified atom stereocenters. The van der Waals surface area contributed by atoms with Gasteiger partial charge in [-0.25, -0.2) is 0 Å². The van der Waals surface area contributed by atoms with Gasteiger partial charge in [-0.2, -0.15) is 0 Å². The van der Waals surface area contributed by atoms with Crippen LogP contribution in [-0.4, -0.2) is 20.4 Å². The minimum absolute atomic E-state index is 0.0287. The monoisotopic (exact) mass is 440 g/mol. The van der Waals surface area contributed by atoms with Crippen LogP contribution >= 0.6 is 0 Å². The predicted octanol–water partition coefficient (Wildman–Crippen LogP) is 6.19. The SMILES string of the molecule is CC(C)(c1ccc(C(C)(c2ccc(O)cc2)c2ccc(O)cc2)cc1)c1ccc(O)cc1O. The van der Waals surface area contributed by atoms with Crippen molar-refractivity contribution in [3.8, 4) is 23.0 Å². The Morgan fingerprint density at radius 2 is 0.818 bits per heavy atom. The molecule has 4 aromatic carbocycles. The molecule has 0 amide bonds. The average molecular weight is 441 g/mol. The lowest BCUT2D eigenvalue weighted by Crippen LogP contribution is -2.26. The average Bonchev–Trinajstić information content (AvgIpc) is 2.79. The standard InChI is InChI=1S/C29H28O4/c1-28(2,26-17-16-25(32)18-27(26)33)19-4-6-20(7-5-19)29(3,21-8-12-23(30)13-9-21)22-10-14-24(31)15-11-22/h4-18,30-33H,1-3H3. The molecule has 0 bridgehead atoms. The van der Waals surface area contributed by atoms with E-state index in [9.17, 15) is 20.4 Å². The molecule has 4 heteroatoms. The molecule has 0 saturated heterocycles. The molecule has 0 spiro atoms. The summed E-state index contributed by atoms with van der Waals surface area (Å²) in [6, 6.07) is 27.3. The molecule has 0 heterocycles. The Bertz CT molecular complexity index is 1210. The molecular formula is C29H28O4. The fourth-order valence-electron chi connectivity index (χ4n) is 4.51. The van der Waals surface area contributed by atoms with Gasteiger partial charge in [0.15, 0.2) is 0 Å². The van der Waals surface area contributed by atoms with Crippen LogP contribution in [0.1, 0.15) is 48.6 Å². The lowest BCUT2D eigenvalue weighted by atomic mass is 9.70. The summed E-state index contributed by atoms with van der Waals surface area (Å²) in [5.41, 5.74) is 3.81. The fourth-order valence-corrected chi connectivity index (χ4v) is 4.51. The first-order chi connectivity index (χ1) is 15.6. The first-order valence-electron chi connectivity index (χ1n) is 10.8. The van der Waals surface area contributed by atoms with Gasteiger partial charge >= 0.3 is 0 Å². The van der Waals surface area contributed by atoms with E-state index in [1.165, 1.54) is 6.07 Å². The number of aromatic hydroxyl groups is 4. The van der Waals surface area contributed by atoms with Crippen molar-refractivity contribution >= 4 is 0 Å². The highest BCUT2D eigenvalue weighted by Crippen LogP contribution is 2.42. The highest BCUT2D eigenvalue weighted by atomic mass is 16.3.